The van der Waals surface area contributed by atoms with Crippen LogP contribution in [0.25, 0.3) is 11.1 Å². The third-order valence-electron chi connectivity index (χ3n) is 7.44. The minimum atomic E-state index is -3.95. The molecule has 0 unspecified atom stereocenters. The summed E-state index contributed by atoms with van der Waals surface area (Å²) in [6.07, 6.45) is 1.45. The zero-order valence-electron chi connectivity index (χ0n) is 20.4. The summed E-state index contributed by atoms with van der Waals surface area (Å²) in [4.78, 5) is 12.5. The van der Waals surface area contributed by atoms with Crippen LogP contribution in [0.15, 0.2) is 42.5 Å². The third kappa shape index (κ3) is 5.01. The molecular formula is C26H35N3O5S. The van der Waals surface area contributed by atoms with E-state index in [0.29, 0.717) is 25.9 Å². The average Bonchev–Trinajstić information content (AvgIpc) is 2.89. The molecule has 0 radical (unpaired) electrons. The summed E-state index contributed by atoms with van der Waals surface area (Å²) in [6, 6.07) is 15.0. The fraction of sp³-hybridized carbons (Fsp3) is 0.500. The molecule has 0 aromatic heterocycles. The number of rotatable bonds is 7. The largest absolute Gasteiger partial charge is 0.381 e. The highest BCUT2D eigenvalue weighted by molar-refractivity contribution is 7.91. The minimum absolute atomic E-state index is 0.0395. The second-order valence-corrected chi connectivity index (χ2v) is 11.8. The van der Waals surface area contributed by atoms with Gasteiger partial charge in [-0.3, -0.25) is 10.0 Å². The summed E-state index contributed by atoms with van der Waals surface area (Å²) in [7, 11) is -2.01. The van der Waals surface area contributed by atoms with Crippen LogP contribution in [0.3, 0.4) is 0 Å². The van der Waals surface area contributed by atoms with Gasteiger partial charge in [-0.05, 0) is 66.6 Å². The fourth-order valence-electron chi connectivity index (χ4n) is 5.40. The second kappa shape index (κ2) is 10.8. The first-order chi connectivity index (χ1) is 16.8. The van der Waals surface area contributed by atoms with Crippen molar-refractivity contribution in [3.05, 3.63) is 59.2 Å². The topological polar surface area (TPSA) is 108 Å². The normalized spacial score (nSPS) is 19.4. The quantitative estimate of drug-likeness (QED) is 0.398. The number of carbonyl (C=O) groups excluding carboxylic acids is 1. The van der Waals surface area contributed by atoms with E-state index in [0.717, 1.165) is 6.54 Å². The first-order valence-electron chi connectivity index (χ1n) is 12.2. The molecule has 9 heteroatoms. The Morgan fingerprint density at radius 2 is 1.86 bits per heavy atom. The summed E-state index contributed by atoms with van der Waals surface area (Å²) in [5.41, 5.74) is 7.61. The van der Waals surface area contributed by atoms with Crippen LogP contribution in [-0.4, -0.2) is 61.9 Å². The Morgan fingerprint density at radius 1 is 1.14 bits per heavy atom. The van der Waals surface area contributed by atoms with Gasteiger partial charge in [0.05, 0.1) is 0 Å². The Balaban J connectivity index is 1.48. The smallest absolute Gasteiger partial charge is 0.266 e. The lowest BCUT2D eigenvalue weighted by molar-refractivity contribution is -0.134. The lowest BCUT2D eigenvalue weighted by Crippen LogP contribution is -2.60. The van der Waals surface area contributed by atoms with Crippen molar-refractivity contribution in [3.8, 4) is 11.1 Å². The number of hydrogen-bond donors (Lipinski definition) is 3. The molecule has 2 aliphatic heterocycles. The van der Waals surface area contributed by atoms with Gasteiger partial charge < -0.3 is 10.1 Å². The highest BCUT2D eigenvalue weighted by Gasteiger charge is 2.54. The number of aryl methyl sites for hydroxylation is 1. The van der Waals surface area contributed by atoms with Crippen LogP contribution >= 0.6 is 0 Å². The molecule has 3 N–H and O–H groups in total. The van der Waals surface area contributed by atoms with Gasteiger partial charge in [0, 0.05) is 45.7 Å². The van der Waals surface area contributed by atoms with Crippen molar-refractivity contribution in [2.45, 2.75) is 49.8 Å². The van der Waals surface area contributed by atoms with Gasteiger partial charge in [0.1, 0.15) is 0 Å². The Labute approximate surface area is 207 Å². The number of nitrogens with one attached hydrogen (secondary N) is 2. The minimum Gasteiger partial charge on any atom is -0.381 e. The van der Waals surface area contributed by atoms with Crippen LogP contribution in [0.2, 0.25) is 0 Å². The summed E-state index contributed by atoms with van der Waals surface area (Å²) in [5, 5.41) is 12.4. The van der Waals surface area contributed by atoms with Gasteiger partial charge in [-0.1, -0.05) is 36.4 Å². The monoisotopic (exact) mass is 501 g/mol. The number of piperidine rings is 1. The highest BCUT2D eigenvalue weighted by Crippen LogP contribution is 2.37. The molecule has 0 bridgehead atoms. The Bertz CT molecular complexity index is 1150. The van der Waals surface area contributed by atoms with Crippen molar-refractivity contribution in [2.24, 2.45) is 0 Å². The summed E-state index contributed by atoms with van der Waals surface area (Å²) >= 11 is 0. The number of sulfonamides is 1. The van der Waals surface area contributed by atoms with E-state index in [-0.39, 0.29) is 32.0 Å². The van der Waals surface area contributed by atoms with Crippen molar-refractivity contribution in [2.75, 3.05) is 33.4 Å². The van der Waals surface area contributed by atoms with Crippen molar-refractivity contribution >= 4 is 15.9 Å². The molecule has 190 valence electrons. The first-order valence-corrected chi connectivity index (χ1v) is 13.6. The Hall–Kier alpha value is -2.30. The average molecular weight is 502 g/mol. The molecule has 2 saturated heterocycles. The molecule has 0 saturated carbocycles. The van der Waals surface area contributed by atoms with E-state index in [4.69, 9.17) is 4.74 Å². The maximum absolute atomic E-state index is 13.5. The maximum Gasteiger partial charge on any atom is 0.266 e. The number of hydrogen-bond acceptors (Lipinski definition) is 6. The molecule has 2 fully saturated rings. The van der Waals surface area contributed by atoms with Gasteiger partial charge in [-0.2, -0.15) is 0 Å². The molecule has 0 aliphatic carbocycles. The number of nitrogens with zero attached hydrogens (tertiary/aromatic N) is 1. The van der Waals surface area contributed by atoms with E-state index in [1.165, 1.54) is 32.1 Å². The highest BCUT2D eigenvalue weighted by atomic mass is 32.2. The molecule has 0 spiro atoms. The number of benzene rings is 2. The van der Waals surface area contributed by atoms with E-state index in [9.17, 15) is 18.4 Å². The van der Waals surface area contributed by atoms with E-state index in [1.807, 2.05) is 7.05 Å². The van der Waals surface area contributed by atoms with Crippen molar-refractivity contribution in [1.82, 2.24) is 15.1 Å². The molecule has 4 rings (SSSR count). The fourth-order valence-corrected chi connectivity index (χ4v) is 7.55. The van der Waals surface area contributed by atoms with Gasteiger partial charge in [0.2, 0.25) is 10.0 Å². The molecule has 2 aliphatic rings. The maximum atomic E-state index is 13.5. The number of hydroxylamine groups is 1. The van der Waals surface area contributed by atoms with Gasteiger partial charge in [-0.15, -0.1) is 0 Å². The molecule has 0 atom stereocenters. The van der Waals surface area contributed by atoms with Crippen LogP contribution < -0.4 is 10.8 Å². The standard InChI is InChI=1S/C26H35N3O5S/c1-19-16-22(6-7-24(19)23-5-3-4-20(17-23)18-27-2)21-8-12-29(13-9-21)35(32,33)26(25(30)28-31)10-14-34-15-11-26/h3-7,16-17,21,27,31H,8-15,18H2,1-2H3,(H,28,30). The van der Waals surface area contributed by atoms with Crippen LogP contribution in [0.1, 0.15) is 48.3 Å². The second-order valence-electron chi connectivity index (χ2n) is 9.53. The summed E-state index contributed by atoms with van der Waals surface area (Å²) < 4.78 is 32.1. The summed E-state index contributed by atoms with van der Waals surface area (Å²) in [6.45, 7) is 3.98. The van der Waals surface area contributed by atoms with Gasteiger partial charge in [0.25, 0.3) is 5.91 Å². The SMILES string of the molecule is CNCc1cccc(-c2ccc(C3CCN(S(=O)(=O)C4(C(=O)NO)CCOCC4)CC3)cc2C)c1. The predicted molar refractivity (Wildman–Crippen MR) is 135 cm³/mol. The number of ether oxygens (including phenoxy) is 1. The summed E-state index contributed by atoms with van der Waals surface area (Å²) in [5.74, 6) is -0.616. The Morgan fingerprint density at radius 3 is 2.49 bits per heavy atom. The lowest BCUT2D eigenvalue weighted by Gasteiger charge is -2.40. The van der Waals surface area contributed by atoms with Crippen LogP contribution in [0, 0.1) is 6.92 Å². The Kier molecular flexibility index (Phi) is 7.92. The number of amides is 1. The molecule has 1 amide bonds. The molecule has 2 aromatic carbocycles. The number of carbonyl (C=O) groups is 1. The van der Waals surface area contributed by atoms with Gasteiger partial charge in [0.15, 0.2) is 4.75 Å². The van der Waals surface area contributed by atoms with E-state index in [1.54, 1.807) is 5.48 Å². The predicted octanol–water partition coefficient (Wildman–Crippen LogP) is 2.95. The molecule has 2 heterocycles. The molecule has 35 heavy (non-hydrogen) atoms. The molecule has 8 nitrogen and oxygen atoms in total. The van der Waals surface area contributed by atoms with E-state index < -0.39 is 20.7 Å². The van der Waals surface area contributed by atoms with Crippen molar-refractivity contribution in [3.63, 3.8) is 0 Å². The van der Waals surface area contributed by atoms with Crippen molar-refractivity contribution in [1.29, 1.82) is 0 Å². The van der Waals surface area contributed by atoms with Crippen molar-refractivity contribution < 1.29 is 23.2 Å². The van der Waals surface area contributed by atoms with E-state index >= 15 is 0 Å². The van der Waals surface area contributed by atoms with E-state index in [2.05, 4.69) is 54.7 Å². The third-order valence-corrected chi connectivity index (χ3v) is 10.1. The molecular weight excluding hydrogens is 466 g/mol. The zero-order chi connectivity index (χ0) is 25.1. The van der Waals surface area contributed by atoms with Crippen LogP contribution in [0.5, 0.6) is 0 Å². The first kappa shape index (κ1) is 25.8. The van der Waals surface area contributed by atoms with Gasteiger partial charge in [-0.25, -0.2) is 18.2 Å². The van der Waals surface area contributed by atoms with Crippen LogP contribution in [0.4, 0.5) is 0 Å². The van der Waals surface area contributed by atoms with Gasteiger partial charge >= 0.3 is 0 Å². The molecule has 2 aromatic rings. The van der Waals surface area contributed by atoms with Crippen LogP contribution in [-0.2, 0) is 26.1 Å². The zero-order valence-corrected chi connectivity index (χ0v) is 21.2. The lowest BCUT2D eigenvalue weighted by atomic mass is 9.87.